The van der Waals surface area contributed by atoms with Gasteiger partial charge in [0.15, 0.2) is 15.7 Å². The molecule has 2 aromatic heterocycles. The topological polar surface area (TPSA) is 109 Å². The van der Waals surface area contributed by atoms with Crippen LogP contribution in [0.1, 0.15) is 29.9 Å². The number of aromatic amines is 1. The number of aliphatic hydroxyl groups is 1. The fourth-order valence-corrected chi connectivity index (χ4v) is 4.30. The molecule has 0 spiro atoms. The van der Waals surface area contributed by atoms with E-state index in [1.54, 1.807) is 24.3 Å². The Morgan fingerprint density at radius 1 is 1.13 bits per heavy atom. The monoisotopic (exact) mass is 440 g/mol. The van der Waals surface area contributed by atoms with Crippen molar-refractivity contribution in [2.45, 2.75) is 29.8 Å². The molecule has 0 saturated carbocycles. The molecule has 2 atom stereocenters. The molecule has 0 amide bonds. The Morgan fingerprint density at radius 3 is 2.52 bits per heavy atom. The highest BCUT2D eigenvalue weighted by atomic mass is 32.2. The second kappa shape index (κ2) is 7.82. The molecule has 2 aromatic carbocycles. The second-order valence-electron chi connectivity index (χ2n) is 7.61. The first kappa shape index (κ1) is 21.1. The molecule has 4 aromatic rings. The van der Waals surface area contributed by atoms with E-state index in [1.807, 2.05) is 6.92 Å². The minimum Gasteiger partial charge on any atom is -0.384 e. The van der Waals surface area contributed by atoms with E-state index < -0.39 is 27.2 Å². The molecule has 0 fully saturated rings. The summed E-state index contributed by atoms with van der Waals surface area (Å²) in [5, 5.41) is 19.1. The van der Waals surface area contributed by atoms with Crippen LogP contribution >= 0.6 is 0 Å². The Hall–Kier alpha value is -3.17. The lowest BCUT2D eigenvalue weighted by Crippen LogP contribution is -2.35. The lowest BCUT2D eigenvalue weighted by Gasteiger charge is -2.34. The second-order valence-corrected chi connectivity index (χ2v) is 9.62. The molecule has 0 aliphatic carbocycles. The summed E-state index contributed by atoms with van der Waals surface area (Å²) in [6.45, 7) is 1.83. The predicted molar refractivity (Wildman–Crippen MR) is 114 cm³/mol. The van der Waals surface area contributed by atoms with Gasteiger partial charge in [-0.2, -0.15) is 5.10 Å². The van der Waals surface area contributed by atoms with Gasteiger partial charge in [0.1, 0.15) is 17.7 Å². The molecule has 160 valence electrons. The number of fused-ring (bicyclic) bond motifs is 1. The number of nitrogens with zero attached hydrogens (tertiary/aromatic N) is 3. The van der Waals surface area contributed by atoms with Crippen molar-refractivity contribution < 1.29 is 17.9 Å². The first-order valence-corrected chi connectivity index (χ1v) is 11.5. The molecule has 2 heterocycles. The van der Waals surface area contributed by atoms with Crippen molar-refractivity contribution in [2.75, 3.05) is 6.26 Å². The SMILES string of the molecule is CC(c1ccc2cc(S(C)(=O)=O)ccc2n1)C(O)(Cc1nc[nH]n1)c1ccc(F)cc1. The molecule has 7 nitrogen and oxygen atoms in total. The number of hydrogen-bond donors (Lipinski definition) is 2. The number of nitrogens with one attached hydrogen (secondary N) is 1. The summed E-state index contributed by atoms with van der Waals surface area (Å²) in [7, 11) is -3.33. The molecule has 0 radical (unpaired) electrons. The third-order valence-electron chi connectivity index (χ3n) is 5.51. The standard InChI is InChI=1S/C22H21FN4O3S/c1-14(19-9-3-15-11-18(31(2,29)30)8-10-20(15)26-19)22(28,12-21-24-13-25-27-21)16-4-6-17(23)7-5-16/h3-11,13-14,28H,12H2,1-2H3,(H,24,25,27). The summed E-state index contributed by atoms with van der Waals surface area (Å²) >= 11 is 0. The van der Waals surface area contributed by atoms with Crippen LogP contribution in [0.15, 0.2) is 65.8 Å². The number of hydrogen-bond acceptors (Lipinski definition) is 6. The van der Waals surface area contributed by atoms with E-state index in [0.717, 1.165) is 6.26 Å². The maximum Gasteiger partial charge on any atom is 0.175 e. The van der Waals surface area contributed by atoms with Gasteiger partial charge in [0.25, 0.3) is 0 Å². The number of benzene rings is 2. The summed E-state index contributed by atoms with van der Waals surface area (Å²) in [5.74, 6) is -0.491. The molecule has 0 saturated heterocycles. The third-order valence-corrected chi connectivity index (χ3v) is 6.62. The highest BCUT2D eigenvalue weighted by molar-refractivity contribution is 7.90. The first-order chi connectivity index (χ1) is 14.7. The van der Waals surface area contributed by atoms with Crippen LogP contribution in [0.3, 0.4) is 0 Å². The highest BCUT2D eigenvalue weighted by Crippen LogP contribution is 2.39. The lowest BCUT2D eigenvalue weighted by atomic mass is 9.77. The van der Waals surface area contributed by atoms with Gasteiger partial charge in [-0.05, 0) is 42.0 Å². The average molecular weight is 441 g/mol. The number of pyridine rings is 1. The summed E-state index contributed by atoms with van der Waals surface area (Å²) in [5.41, 5.74) is 0.266. The maximum atomic E-state index is 13.5. The molecule has 4 rings (SSSR count). The number of H-pyrrole nitrogens is 1. The van der Waals surface area contributed by atoms with E-state index in [-0.39, 0.29) is 11.3 Å². The van der Waals surface area contributed by atoms with Crippen LogP contribution in [-0.2, 0) is 21.9 Å². The molecule has 2 unspecified atom stereocenters. The number of aromatic nitrogens is 4. The Balaban J connectivity index is 1.77. The Bertz CT molecular complexity index is 1320. The van der Waals surface area contributed by atoms with Gasteiger partial charge in [-0.25, -0.2) is 17.8 Å². The fraction of sp³-hybridized carbons (Fsp3) is 0.227. The molecule has 9 heteroatoms. The van der Waals surface area contributed by atoms with Gasteiger partial charge < -0.3 is 5.11 Å². The van der Waals surface area contributed by atoms with Crippen molar-refractivity contribution in [1.82, 2.24) is 20.2 Å². The van der Waals surface area contributed by atoms with Crippen LogP contribution in [0, 0.1) is 5.82 Å². The third kappa shape index (κ3) is 4.19. The molecule has 2 N–H and O–H groups in total. The van der Waals surface area contributed by atoms with Crippen molar-refractivity contribution in [2.24, 2.45) is 0 Å². The summed E-state index contributed by atoms with van der Waals surface area (Å²) < 4.78 is 37.1. The number of halogens is 1. The van der Waals surface area contributed by atoms with Gasteiger partial charge in [0, 0.05) is 29.7 Å². The Morgan fingerprint density at radius 2 is 1.87 bits per heavy atom. The van der Waals surface area contributed by atoms with Gasteiger partial charge in [0.05, 0.1) is 10.4 Å². The molecular formula is C22H21FN4O3S. The van der Waals surface area contributed by atoms with E-state index in [2.05, 4.69) is 20.2 Å². The van der Waals surface area contributed by atoms with Crippen molar-refractivity contribution in [1.29, 1.82) is 0 Å². The van der Waals surface area contributed by atoms with Crippen LogP contribution in [0.5, 0.6) is 0 Å². The molecule has 0 aliphatic heterocycles. The zero-order chi connectivity index (χ0) is 22.2. The maximum absolute atomic E-state index is 13.5. The van der Waals surface area contributed by atoms with Gasteiger partial charge in [-0.3, -0.25) is 10.1 Å². The van der Waals surface area contributed by atoms with Gasteiger partial charge in [0.2, 0.25) is 0 Å². The Kier molecular flexibility index (Phi) is 5.32. The molecule has 0 bridgehead atoms. The fourth-order valence-electron chi connectivity index (χ4n) is 3.64. The van der Waals surface area contributed by atoms with E-state index in [0.29, 0.717) is 28.0 Å². The zero-order valence-electron chi connectivity index (χ0n) is 16.9. The van der Waals surface area contributed by atoms with Crippen molar-refractivity contribution in [3.63, 3.8) is 0 Å². The van der Waals surface area contributed by atoms with E-state index >= 15 is 0 Å². The zero-order valence-corrected chi connectivity index (χ0v) is 17.8. The average Bonchev–Trinajstić information content (AvgIpc) is 3.25. The summed E-state index contributed by atoms with van der Waals surface area (Å²) in [6.07, 6.45) is 2.68. The number of rotatable bonds is 6. The molecule has 0 aliphatic rings. The number of sulfone groups is 1. The van der Waals surface area contributed by atoms with Crippen LogP contribution in [0.4, 0.5) is 4.39 Å². The van der Waals surface area contributed by atoms with Crippen molar-refractivity contribution in [3.05, 3.63) is 83.8 Å². The van der Waals surface area contributed by atoms with Gasteiger partial charge in [-0.1, -0.05) is 25.1 Å². The van der Waals surface area contributed by atoms with Crippen molar-refractivity contribution >= 4 is 20.7 Å². The predicted octanol–water partition coefficient (Wildman–Crippen LogP) is 3.13. The van der Waals surface area contributed by atoms with Crippen LogP contribution in [0.2, 0.25) is 0 Å². The normalized spacial score (nSPS) is 15.0. The smallest absolute Gasteiger partial charge is 0.175 e. The first-order valence-electron chi connectivity index (χ1n) is 9.61. The molecular weight excluding hydrogens is 419 g/mol. The largest absolute Gasteiger partial charge is 0.384 e. The van der Waals surface area contributed by atoms with Crippen LogP contribution < -0.4 is 0 Å². The minimum atomic E-state index is -3.33. The lowest BCUT2D eigenvalue weighted by molar-refractivity contribution is 0.00963. The van der Waals surface area contributed by atoms with E-state index in [4.69, 9.17) is 0 Å². The van der Waals surface area contributed by atoms with Gasteiger partial charge >= 0.3 is 0 Å². The Labute approximate surface area is 178 Å². The van der Waals surface area contributed by atoms with Crippen LogP contribution in [0.25, 0.3) is 10.9 Å². The van der Waals surface area contributed by atoms with E-state index in [9.17, 15) is 17.9 Å². The molecule has 31 heavy (non-hydrogen) atoms. The van der Waals surface area contributed by atoms with Crippen LogP contribution in [-0.4, -0.2) is 39.9 Å². The van der Waals surface area contributed by atoms with Gasteiger partial charge in [-0.15, -0.1) is 0 Å². The summed E-state index contributed by atoms with van der Waals surface area (Å²) in [6, 6.07) is 13.9. The van der Waals surface area contributed by atoms with E-state index in [1.165, 1.54) is 36.7 Å². The quantitative estimate of drug-likeness (QED) is 0.477. The van der Waals surface area contributed by atoms with Crippen molar-refractivity contribution in [3.8, 4) is 0 Å². The summed E-state index contributed by atoms with van der Waals surface area (Å²) in [4.78, 5) is 9.00. The minimum absolute atomic E-state index is 0.0933. The highest BCUT2D eigenvalue weighted by Gasteiger charge is 2.39.